The number of thiazole rings is 1. The van der Waals surface area contributed by atoms with E-state index in [0.717, 1.165) is 34.6 Å². The fraction of sp³-hybridized carbons (Fsp3) is 0.478. The topological polar surface area (TPSA) is 78.0 Å². The summed E-state index contributed by atoms with van der Waals surface area (Å²) in [4.78, 5) is 37.5. The van der Waals surface area contributed by atoms with E-state index in [9.17, 15) is 9.59 Å². The summed E-state index contributed by atoms with van der Waals surface area (Å²) in [7, 11) is 3.21. The number of aromatic nitrogens is 5. The summed E-state index contributed by atoms with van der Waals surface area (Å²) in [5, 5.41) is 0. The van der Waals surface area contributed by atoms with Crippen molar-refractivity contribution in [3.8, 4) is 0 Å². The second kappa shape index (κ2) is 8.64. The molecule has 1 aliphatic rings. The van der Waals surface area contributed by atoms with E-state index in [-0.39, 0.29) is 11.2 Å². The standard InChI is InChI=1S/C23H28N6O2S2/c1-14-11-15(2)13-28(12-14)21-25-19-18(20(30)27(4)23(31)26(19)3)29(21)9-10-32-22-24-16-7-5-6-8-17(16)33-22/h5-8,14-15H,9-13H2,1-4H3. The Labute approximate surface area is 199 Å². The van der Waals surface area contributed by atoms with E-state index in [2.05, 4.69) is 24.8 Å². The molecule has 5 rings (SSSR count). The number of nitrogens with zero attached hydrogens (tertiary/aromatic N) is 6. The van der Waals surface area contributed by atoms with Crippen molar-refractivity contribution in [2.75, 3.05) is 23.7 Å². The van der Waals surface area contributed by atoms with Crippen LogP contribution in [-0.4, -0.2) is 42.5 Å². The lowest BCUT2D eigenvalue weighted by Gasteiger charge is -2.35. The predicted octanol–water partition coefficient (Wildman–Crippen LogP) is 3.32. The van der Waals surface area contributed by atoms with E-state index in [1.54, 1.807) is 30.1 Å². The van der Waals surface area contributed by atoms with Gasteiger partial charge in [-0.2, -0.15) is 4.98 Å². The van der Waals surface area contributed by atoms with Crippen LogP contribution in [0.4, 0.5) is 5.95 Å². The van der Waals surface area contributed by atoms with Crippen LogP contribution in [0.15, 0.2) is 38.2 Å². The van der Waals surface area contributed by atoms with Crippen molar-refractivity contribution >= 4 is 50.4 Å². The summed E-state index contributed by atoms with van der Waals surface area (Å²) >= 11 is 3.38. The van der Waals surface area contributed by atoms with E-state index in [1.165, 1.54) is 27.3 Å². The number of fused-ring (bicyclic) bond motifs is 2. The largest absolute Gasteiger partial charge is 0.342 e. The summed E-state index contributed by atoms with van der Waals surface area (Å²) in [6, 6.07) is 8.14. The number of piperidine rings is 1. The molecule has 0 bridgehead atoms. The average Bonchev–Trinajstić information content (AvgIpc) is 3.37. The minimum atomic E-state index is -0.354. The SMILES string of the molecule is CC1CC(C)CN(c2nc3c(c(=O)n(C)c(=O)n3C)n2CCSc2nc3ccccc3s2)C1. The highest BCUT2D eigenvalue weighted by Gasteiger charge is 2.28. The molecule has 1 fully saturated rings. The zero-order chi connectivity index (χ0) is 23.3. The van der Waals surface area contributed by atoms with Crippen LogP contribution >= 0.6 is 23.1 Å². The van der Waals surface area contributed by atoms with Crippen molar-refractivity contribution in [3.05, 3.63) is 45.1 Å². The molecule has 8 nitrogen and oxygen atoms in total. The van der Waals surface area contributed by atoms with Gasteiger partial charge in [0.25, 0.3) is 5.56 Å². The van der Waals surface area contributed by atoms with Crippen LogP contribution in [-0.2, 0) is 20.6 Å². The molecule has 33 heavy (non-hydrogen) atoms. The number of hydrogen-bond donors (Lipinski definition) is 0. The third-order valence-corrected chi connectivity index (χ3v) is 8.45. The van der Waals surface area contributed by atoms with Crippen molar-refractivity contribution in [2.45, 2.75) is 31.2 Å². The van der Waals surface area contributed by atoms with Gasteiger partial charge in [-0.25, -0.2) is 9.78 Å². The highest BCUT2D eigenvalue weighted by Crippen LogP contribution is 2.31. The normalized spacial score (nSPS) is 19.1. The lowest BCUT2D eigenvalue weighted by atomic mass is 9.92. The molecule has 174 valence electrons. The van der Waals surface area contributed by atoms with Crippen molar-refractivity contribution in [1.29, 1.82) is 0 Å². The van der Waals surface area contributed by atoms with Gasteiger partial charge in [-0.3, -0.25) is 13.9 Å². The highest BCUT2D eigenvalue weighted by atomic mass is 32.2. The smallest absolute Gasteiger partial charge is 0.332 e. The molecule has 1 aliphatic heterocycles. The van der Waals surface area contributed by atoms with Crippen molar-refractivity contribution in [2.24, 2.45) is 25.9 Å². The van der Waals surface area contributed by atoms with Gasteiger partial charge in [0.05, 0.1) is 10.2 Å². The van der Waals surface area contributed by atoms with Gasteiger partial charge in [-0.05, 0) is 30.4 Å². The maximum absolute atomic E-state index is 13.2. The number of aryl methyl sites for hydroxylation is 2. The van der Waals surface area contributed by atoms with Crippen LogP contribution in [0.25, 0.3) is 21.4 Å². The molecule has 0 radical (unpaired) electrons. The van der Waals surface area contributed by atoms with Crippen LogP contribution in [0.1, 0.15) is 20.3 Å². The third-order valence-electron chi connectivity index (χ3n) is 6.29. The Bertz CT molecular complexity index is 1410. The summed E-state index contributed by atoms with van der Waals surface area (Å²) in [6.45, 7) is 6.92. The number of anilines is 1. The van der Waals surface area contributed by atoms with E-state index in [1.807, 2.05) is 22.8 Å². The molecular weight excluding hydrogens is 456 g/mol. The molecule has 4 aromatic rings. The molecule has 2 atom stereocenters. The summed E-state index contributed by atoms with van der Waals surface area (Å²) in [5.74, 6) is 2.63. The number of thioether (sulfide) groups is 1. The predicted molar refractivity (Wildman–Crippen MR) is 136 cm³/mol. The first-order valence-corrected chi connectivity index (χ1v) is 13.0. The lowest BCUT2D eigenvalue weighted by Crippen LogP contribution is -2.40. The maximum atomic E-state index is 13.2. The number of rotatable bonds is 5. The molecule has 0 aliphatic carbocycles. The van der Waals surface area contributed by atoms with Crippen LogP contribution in [0.3, 0.4) is 0 Å². The Morgan fingerprint density at radius 3 is 2.52 bits per heavy atom. The second-order valence-electron chi connectivity index (χ2n) is 9.09. The monoisotopic (exact) mass is 484 g/mol. The van der Waals surface area contributed by atoms with Gasteiger partial charge < -0.3 is 9.47 Å². The van der Waals surface area contributed by atoms with Crippen molar-refractivity contribution < 1.29 is 0 Å². The molecule has 0 amide bonds. The summed E-state index contributed by atoms with van der Waals surface area (Å²) in [5.41, 5.74) is 1.31. The molecule has 2 unspecified atom stereocenters. The maximum Gasteiger partial charge on any atom is 0.332 e. The molecular formula is C23H28N6O2S2. The molecule has 0 saturated carbocycles. The van der Waals surface area contributed by atoms with E-state index >= 15 is 0 Å². The van der Waals surface area contributed by atoms with E-state index < -0.39 is 0 Å². The van der Waals surface area contributed by atoms with Crippen LogP contribution in [0.2, 0.25) is 0 Å². The molecule has 0 spiro atoms. The minimum absolute atomic E-state index is 0.296. The van der Waals surface area contributed by atoms with Crippen LogP contribution in [0.5, 0.6) is 0 Å². The number of hydrogen-bond acceptors (Lipinski definition) is 7. The molecule has 10 heteroatoms. The fourth-order valence-corrected chi connectivity index (χ4v) is 6.91. The third kappa shape index (κ3) is 3.99. The van der Waals surface area contributed by atoms with Gasteiger partial charge in [0, 0.05) is 39.5 Å². The Morgan fingerprint density at radius 1 is 1.06 bits per heavy atom. The molecule has 1 aromatic carbocycles. The number of benzene rings is 1. The van der Waals surface area contributed by atoms with Crippen LogP contribution < -0.4 is 16.1 Å². The van der Waals surface area contributed by atoms with E-state index in [0.29, 0.717) is 29.5 Å². The fourth-order valence-electron chi connectivity index (χ4n) is 4.85. The zero-order valence-corrected chi connectivity index (χ0v) is 20.9. The van der Waals surface area contributed by atoms with Gasteiger partial charge in [0.2, 0.25) is 5.95 Å². The Kier molecular flexibility index (Phi) is 5.82. The summed E-state index contributed by atoms with van der Waals surface area (Å²) in [6.07, 6.45) is 1.18. The first-order valence-electron chi connectivity index (χ1n) is 11.2. The van der Waals surface area contributed by atoms with Gasteiger partial charge in [-0.15, -0.1) is 11.3 Å². The van der Waals surface area contributed by atoms with Gasteiger partial charge >= 0.3 is 5.69 Å². The Morgan fingerprint density at radius 2 is 1.79 bits per heavy atom. The minimum Gasteiger partial charge on any atom is -0.342 e. The van der Waals surface area contributed by atoms with Crippen molar-refractivity contribution in [3.63, 3.8) is 0 Å². The Balaban J connectivity index is 1.53. The average molecular weight is 485 g/mol. The molecule has 0 N–H and O–H groups in total. The number of para-hydroxylation sites is 1. The molecule has 3 aromatic heterocycles. The van der Waals surface area contributed by atoms with Gasteiger partial charge in [-0.1, -0.05) is 37.7 Å². The van der Waals surface area contributed by atoms with Gasteiger partial charge in [0.1, 0.15) is 0 Å². The van der Waals surface area contributed by atoms with E-state index in [4.69, 9.17) is 9.97 Å². The number of imidazole rings is 1. The van der Waals surface area contributed by atoms with Crippen LogP contribution in [0, 0.1) is 11.8 Å². The quantitative estimate of drug-likeness (QED) is 0.405. The van der Waals surface area contributed by atoms with Gasteiger partial charge in [0.15, 0.2) is 15.5 Å². The first-order chi connectivity index (χ1) is 15.8. The lowest BCUT2D eigenvalue weighted by molar-refractivity contribution is 0.352. The summed E-state index contributed by atoms with van der Waals surface area (Å²) < 4.78 is 6.86. The molecule has 4 heterocycles. The zero-order valence-electron chi connectivity index (χ0n) is 19.3. The molecule has 1 saturated heterocycles. The first kappa shape index (κ1) is 22.2. The Hall–Kier alpha value is -2.59. The second-order valence-corrected chi connectivity index (χ2v) is 11.5. The highest BCUT2D eigenvalue weighted by molar-refractivity contribution is 8.01. The van der Waals surface area contributed by atoms with Crippen molar-refractivity contribution in [1.82, 2.24) is 23.7 Å².